The lowest BCUT2D eigenvalue weighted by Gasteiger charge is -2.37. The van der Waals surface area contributed by atoms with Crippen LogP contribution in [0.5, 0.6) is 5.75 Å². The van der Waals surface area contributed by atoms with Gasteiger partial charge in [-0.15, -0.1) is 0 Å². The van der Waals surface area contributed by atoms with Crippen LogP contribution in [0.15, 0.2) is 102 Å². The Morgan fingerprint density at radius 3 is 2.42 bits per heavy atom. The van der Waals surface area contributed by atoms with E-state index in [1.807, 2.05) is 85.8 Å². The lowest BCUT2D eigenvalue weighted by Crippen LogP contribution is -2.52. The Bertz CT molecular complexity index is 2300. The van der Waals surface area contributed by atoms with E-state index < -0.39 is 30.6 Å². The predicted molar refractivity (Wildman–Crippen MR) is 226 cm³/mol. The number of carbonyl (C=O) groups excluding carboxylic acids is 3. The second-order valence-corrected chi connectivity index (χ2v) is 21.2. The van der Waals surface area contributed by atoms with Crippen LogP contribution in [0.4, 0.5) is 17.1 Å². The van der Waals surface area contributed by atoms with Gasteiger partial charge >= 0.3 is 0 Å². The molecule has 59 heavy (non-hydrogen) atoms. The Kier molecular flexibility index (Phi) is 10.7. The number of aliphatic hydroxyl groups is 1. The van der Waals surface area contributed by atoms with Gasteiger partial charge in [0, 0.05) is 43.0 Å². The van der Waals surface area contributed by atoms with E-state index in [-0.39, 0.29) is 54.6 Å². The number of aliphatic hydroxyl groups excluding tert-OH is 1. The summed E-state index contributed by atoms with van der Waals surface area (Å²) in [4.78, 5) is 57.6. The van der Waals surface area contributed by atoms with Gasteiger partial charge in [0.1, 0.15) is 5.75 Å². The van der Waals surface area contributed by atoms with Gasteiger partial charge in [-0.1, -0.05) is 79.8 Å². The molecule has 14 heteroatoms. The van der Waals surface area contributed by atoms with E-state index in [2.05, 4.69) is 13.1 Å². The molecular weight excluding hydrogens is 767 g/mol. The third-order valence-electron chi connectivity index (χ3n) is 13.0. The van der Waals surface area contributed by atoms with Gasteiger partial charge in [0.2, 0.25) is 11.8 Å². The molecule has 4 aromatic carbocycles. The standard InChI is InChI=1S/C45H49N5O8Si/c1-29-43(59(3,4)36-19-17-35(57-2)18-20-36)40(26-42(53)47-24-8-11-34(47)28-51)58-45(29)37-25-33(50(55)56)16-22-39(37)48(44(45)54)27-30-12-14-32(15-13-30)49-41(52)23-21-38(46-49)31-9-6-5-7-10-31/h5-7,9-10,12-20,22,25,29,34,40,43,51H,8,11,21,23-24,26-28H2,1-4H3/t29-,34-,40+,43-,45+/m0/s1. The zero-order valence-corrected chi connectivity index (χ0v) is 34.7. The number of nitro groups is 1. The number of hydrazone groups is 1. The molecule has 13 nitrogen and oxygen atoms in total. The van der Waals surface area contributed by atoms with Gasteiger partial charge in [0.25, 0.3) is 11.6 Å². The van der Waals surface area contributed by atoms with Crippen molar-refractivity contribution in [2.45, 2.75) is 82.0 Å². The van der Waals surface area contributed by atoms with Crippen LogP contribution in [0.3, 0.4) is 0 Å². The molecule has 2 saturated heterocycles. The molecule has 4 aliphatic rings. The number of ether oxygens (including phenoxy) is 2. The number of amides is 3. The molecule has 0 bridgehead atoms. The Hall–Kier alpha value is -5.70. The fourth-order valence-corrected chi connectivity index (χ4v) is 13.9. The summed E-state index contributed by atoms with van der Waals surface area (Å²) < 4.78 is 12.6. The highest BCUT2D eigenvalue weighted by atomic mass is 28.3. The van der Waals surface area contributed by atoms with Gasteiger partial charge < -0.3 is 24.4 Å². The van der Waals surface area contributed by atoms with Crippen molar-refractivity contribution in [2.24, 2.45) is 11.0 Å². The smallest absolute Gasteiger partial charge is 0.269 e. The molecule has 0 radical (unpaired) electrons. The van der Waals surface area contributed by atoms with E-state index in [1.54, 1.807) is 23.0 Å². The summed E-state index contributed by atoms with van der Waals surface area (Å²) in [7, 11) is -1.01. The number of fused-ring (bicyclic) bond motifs is 2. The number of rotatable bonds is 11. The summed E-state index contributed by atoms with van der Waals surface area (Å²) in [5, 5.41) is 29.6. The molecule has 4 heterocycles. The minimum absolute atomic E-state index is 0.00251. The molecule has 0 unspecified atom stereocenters. The van der Waals surface area contributed by atoms with Gasteiger partial charge in [0.05, 0.1) is 68.9 Å². The molecule has 4 aliphatic heterocycles. The number of anilines is 2. The van der Waals surface area contributed by atoms with E-state index >= 15 is 4.79 Å². The fourth-order valence-electron chi connectivity index (χ4n) is 9.93. The highest BCUT2D eigenvalue weighted by Crippen LogP contribution is 2.60. The number of methoxy groups -OCH3 is 1. The van der Waals surface area contributed by atoms with Gasteiger partial charge in [-0.25, -0.2) is 5.01 Å². The molecule has 0 aliphatic carbocycles. The first-order valence-electron chi connectivity index (χ1n) is 20.3. The van der Waals surface area contributed by atoms with E-state index in [9.17, 15) is 24.8 Å². The normalized spacial score (nSPS) is 24.2. The predicted octanol–water partition coefficient (Wildman–Crippen LogP) is 6.27. The van der Waals surface area contributed by atoms with Crippen molar-refractivity contribution in [2.75, 3.05) is 30.2 Å². The molecule has 5 atom stereocenters. The van der Waals surface area contributed by atoms with E-state index in [4.69, 9.17) is 14.6 Å². The SMILES string of the molecule is COc1ccc([Si](C)(C)[C@@H]2[C@@H](CC(=O)N3CCC[C@H]3CO)O[C@]3(C(=O)N(Cc4ccc(N5N=C(c6ccccc6)CCC5=O)cc4)c4ccc([N+](=O)[O-])cc43)[C@H]2C)cc1. The second kappa shape index (κ2) is 15.8. The van der Waals surface area contributed by atoms with E-state index in [0.29, 0.717) is 48.5 Å². The average molecular weight is 816 g/mol. The molecule has 0 aromatic heterocycles. The number of nitrogens with zero attached hydrogens (tertiary/aromatic N) is 5. The fraction of sp³-hybridized carbons (Fsp3) is 0.378. The molecule has 1 N–H and O–H groups in total. The first kappa shape index (κ1) is 40.1. The van der Waals surface area contributed by atoms with Crippen molar-refractivity contribution in [1.29, 1.82) is 0 Å². The van der Waals surface area contributed by atoms with Crippen LogP contribution in [0.1, 0.15) is 55.7 Å². The summed E-state index contributed by atoms with van der Waals surface area (Å²) in [6, 6.07) is 29.2. The topological polar surface area (TPSA) is 155 Å². The number of hydrogen-bond acceptors (Lipinski definition) is 9. The third-order valence-corrected chi connectivity index (χ3v) is 17.3. The number of benzene rings is 4. The quantitative estimate of drug-likeness (QED) is 0.106. The Balaban J connectivity index is 1.15. The van der Waals surface area contributed by atoms with Crippen LogP contribution in [0.25, 0.3) is 0 Å². The average Bonchev–Trinajstić information content (AvgIpc) is 3.92. The molecule has 1 spiro atoms. The summed E-state index contributed by atoms with van der Waals surface area (Å²) in [6.07, 6.45) is 1.69. The maximum atomic E-state index is 15.3. The summed E-state index contributed by atoms with van der Waals surface area (Å²) in [6.45, 7) is 6.96. The molecule has 8 rings (SSSR count). The molecule has 306 valence electrons. The van der Waals surface area contributed by atoms with Crippen LogP contribution in [0.2, 0.25) is 18.6 Å². The number of non-ortho nitro benzene ring substituents is 1. The molecule has 3 amide bonds. The highest BCUT2D eigenvalue weighted by Gasteiger charge is 2.67. The number of hydrogen-bond donors (Lipinski definition) is 1. The van der Waals surface area contributed by atoms with Crippen molar-refractivity contribution in [3.05, 3.63) is 124 Å². The summed E-state index contributed by atoms with van der Waals surface area (Å²) in [5.41, 5.74) is 2.03. The van der Waals surface area contributed by atoms with Crippen LogP contribution in [-0.4, -0.2) is 78.8 Å². The molecule has 0 saturated carbocycles. The molecule has 4 aromatic rings. The van der Waals surface area contributed by atoms with Crippen molar-refractivity contribution in [3.63, 3.8) is 0 Å². The largest absolute Gasteiger partial charge is 0.497 e. The van der Waals surface area contributed by atoms with Crippen molar-refractivity contribution in [1.82, 2.24) is 4.90 Å². The minimum Gasteiger partial charge on any atom is -0.497 e. The minimum atomic E-state index is -2.62. The molecular formula is C45H49N5O8Si. The number of carbonyl (C=O) groups is 3. The van der Waals surface area contributed by atoms with Crippen molar-refractivity contribution in [3.8, 4) is 5.75 Å². The van der Waals surface area contributed by atoms with Gasteiger partial charge in [-0.3, -0.25) is 24.5 Å². The first-order chi connectivity index (χ1) is 28.4. The van der Waals surface area contributed by atoms with Crippen LogP contribution >= 0.6 is 0 Å². The zero-order valence-electron chi connectivity index (χ0n) is 33.7. The van der Waals surface area contributed by atoms with Crippen LogP contribution < -0.4 is 19.8 Å². The van der Waals surface area contributed by atoms with E-state index in [0.717, 1.165) is 28.4 Å². The van der Waals surface area contributed by atoms with Gasteiger partial charge in [-0.2, -0.15) is 5.10 Å². The maximum Gasteiger partial charge on any atom is 0.269 e. The van der Waals surface area contributed by atoms with Crippen molar-refractivity contribution < 1.29 is 33.9 Å². The summed E-state index contributed by atoms with van der Waals surface area (Å²) >= 11 is 0. The van der Waals surface area contributed by atoms with Crippen LogP contribution in [0, 0.1) is 16.0 Å². The lowest BCUT2D eigenvalue weighted by atomic mass is 9.82. The second-order valence-electron chi connectivity index (χ2n) is 16.6. The summed E-state index contributed by atoms with van der Waals surface area (Å²) in [5.74, 6) is -0.378. The maximum absolute atomic E-state index is 15.3. The first-order valence-corrected chi connectivity index (χ1v) is 23.3. The Morgan fingerprint density at radius 1 is 1.02 bits per heavy atom. The van der Waals surface area contributed by atoms with Crippen LogP contribution in [-0.2, 0) is 31.3 Å². The van der Waals surface area contributed by atoms with Gasteiger partial charge in [-0.05, 0) is 59.8 Å². The number of nitro benzene ring substituents is 1. The zero-order chi connectivity index (χ0) is 41.6. The van der Waals surface area contributed by atoms with Gasteiger partial charge in [0.15, 0.2) is 5.60 Å². The van der Waals surface area contributed by atoms with Crippen molar-refractivity contribution >= 4 is 53.8 Å². The Morgan fingerprint density at radius 2 is 1.75 bits per heavy atom. The Labute approximate surface area is 344 Å². The molecule has 2 fully saturated rings. The monoisotopic (exact) mass is 815 g/mol. The van der Waals surface area contributed by atoms with E-state index in [1.165, 1.54) is 17.1 Å². The number of likely N-dealkylation sites (tertiary alicyclic amines) is 1. The third kappa shape index (κ3) is 7.02. The highest BCUT2D eigenvalue weighted by molar-refractivity contribution is 6.91. The lowest BCUT2D eigenvalue weighted by molar-refractivity contribution is -0.385.